The summed E-state index contributed by atoms with van der Waals surface area (Å²) in [4.78, 5) is 0. The smallest absolute Gasteiger partial charge is 0.170 e. The van der Waals surface area contributed by atoms with Crippen LogP contribution in [0.4, 0.5) is 0 Å². The Kier molecular flexibility index (Phi) is 5.34. The number of likely N-dealkylation sites (N-methyl/N-ethyl adjacent to an activating group) is 1. The van der Waals surface area contributed by atoms with Gasteiger partial charge in [-0.1, -0.05) is 6.07 Å². The van der Waals surface area contributed by atoms with Gasteiger partial charge >= 0.3 is 0 Å². The van der Waals surface area contributed by atoms with Crippen LogP contribution < -0.4 is 18.9 Å². The summed E-state index contributed by atoms with van der Waals surface area (Å²) in [6.45, 7) is 7.35. The highest BCUT2D eigenvalue weighted by atomic mass is 16.5. The molecule has 0 fully saturated rings. The second kappa shape index (κ2) is 7.79. The number of benzene rings is 2. The molecule has 0 bridgehead atoms. The Morgan fingerprint density at radius 3 is 2.38 bits per heavy atom. The standard InChI is InChI=1S/C24H32NO4/c1-6-28-23-14-18-17(13-22(23)27-5)10-11-25(3)15-19-16(12-20(18)25)8-9-21(26-4)24(19)29-7-2/h8-9,13-14,20H,6-7,10-12,15H2,1-5H3/q+1/t20-,25?/m0/s1. The molecule has 2 atom stereocenters. The summed E-state index contributed by atoms with van der Waals surface area (Å²) in [5.74, 6) is 3.43. The van der Waals surface area contributed by atoms with E-state index >= 15 is 0 Å². The number of rotatable bonds is 6. The molecule has 2 heterocycles. The number of nitrogens with zero attached hydrogens (tertiary/aromatic N) is 1. The third-order valence-electron chi connectivity index (χ3n) is 6.49. The minimum atomic E-state index is 0.402. The molecule has 5 heteroatoms. The van der Waals surface area contributed by atoms with Crippen LogP contribution in [-0.2, 0) is 19.4 Å². The molecule has 1 unspecified atom stereocenters. The van der Waals surface area contributed by atoms with Crippen LogP contribution in [0, 0.1) is 0 Å². The highest BCUT2D eigenvalue weighted by molar-refractivity contribution is 5.53. The molecule has 0 amide bonds. The Balaban J connectivity index is 1.80. The lowest BCUT2D eigenvalue weighted by Gasteiger charge is -2.49. The molecule has 0 aliphatic carbocycles. The highest BCUT2D eigenvalue weighted by Crippen LogP contribution is 2.49. The van der Waals surface area contributed by atoms with Gasteiger partial charge in [-0.3, -0.25) is 0 Å². The van der Waals surface area contributed by atoms with E-state index < -0.39 is 0 Å². The van der Waals surface area contributed by atoms with Crippen LogP contribution in [0.25, 0.3) is 0 Å². The summed E-state index contributed by atoms with van der Waals surface area (Å²) in [6.07, 6.45) is 2.02. The van der Waals surface area contributed by atoms with E-state index in [0.29, 0.717) is 19.3 Å². The number of hydrogen-bond donors (Lipinski definition) is 0. The molecule has 156 valence electrons. The molecule has 0 N–H and O–H groups in total. The molecule has 4 rings (SSSR count). The molecule has 2 aromatic carbocycles. The normalized spacial score (nSPS) is 22.2. The van der Waals surface area contributed by atoms with E-state index in [2.05, 4.69) is 25.2 Å². The molecule has 2 aromatic rings. The SMILES string of the molecule is CCOc1cc2c(cc1OC)CC[N+]1(C)Cc3c(ccc(OC)c3OCC)C[C@@H]21. The van der Waals surface area contributed by atoms with Crippen LogP contribution in [0.5, 0.6) is 23.0 Å². The molecule has 0 saturated carbocycles. The quantitative estimate of drug-likeness (QED) is 0.680. The minimum absolute atomic E-state index is 0.402. The minimum Gasteiger partial charge on any atom is -0.493 e. The largest absolute Gasteiger partial charge is 0.493 e. The fraction of sp³-hybridized carbons (Fsp3) is 0.500. The van der Waals surface area contributed by atoms with Crippen LogP contribution >= 0.6 is 0 Å². The molecule has 5 nitrogen and oxygen atoms in total. The molecular weight excluding hydrogens is 366 g/mol. The Morgan fingerprint density at radius 2 is 1.69 bits per heavy atom. The van der Waals surface area contributed by atoms with Gasteiger partial charge in [0.1, 0.15) is 12.6 Å². The third-order valence-corrected chi connectivity index (χ3v) is 6.49. The number of methoxy groups -OCH3 is 2. The average molecular weight is 399 g/mol. The lowest BCUT2D eigenvalue weighted by Crippen LogP contribution is -2.53. The molecule has 29 heavy (non-hydrogen) atoms. The van der Waals surface area contributed by atoms with Crippen LogP contribution in [0.1, 0.15) is 42.1 Å². The van der Waals surface area contributed by atoms with Crippen molar-refractivity contribution in [3.05, 3.63) is 46.5 Å². The van der Waals surface area contributed by atoms with Gasteiger partial charge < -0.3 is 23.4 Å². The van der Waals surface area contributed by atoms with Gasteiger partial charge in [-0.25, -0.2) is 0 Å². The van der Waals surface area contributed by atoms with E-state index in [9.17, 15) is 0 Å². The lowest BCUT2D eigenvalue weighted by molar-refractivity contribution is -0.956. The van der Waals surface area contributed by atoms with Crippen molar-refractivity contribution in [3.63, 3.8) is 0 Å². The maximum absolute atomic E-state index is 6.03. The van der Waals surface area contributed by atoms with Gasteiger partial charge in [-0.2, -0.15) is 0 Å². The Hall–Kier alpha value is -2.40. The van der Waals surface area contributed by atoms with Gasteiger partial charge in [0.2, 0.25) is 0 Å². The van der Waals surface area contributed by atoms with Gasteiger partial charge in [0.05, 0.1) is 46.6 Å². The van der Waals surface area contributed by atoms with E-state index in [1.165, 1.54) is 22.3 Å². The molecule has 0 aromatic heterocycles. The average Bonchev–Trinajstić information content (AvgIpc) is 2.73. The molecule has 0 saturated heterocycles. The predicted octanol–water partition coefficient (Wildman–Crippen LogP) is 4.30. The van der Waals surface area contributed by atoms with Crippen molar-refractivity contribution in [2.24, 2.45) is 0 Å². The maximum Gasteiger partial charge on any atom is 0.170 e. The predicted molar refractivity (Wildman–Crippen MR) is 113 cm³/mol. The van der Waals surface area contributed by atoms with E-state index in [4.69, 9.17) is 18.9 Å². The van der Waals surface area contributed by atoms with Crippen molar-refractivity contribution in [1.82, 2.24) is 0 Å². The van der Waals surface area contributed by atoms with Crippen LogP contribution in [0.2, 0.25) is 0 Å². The Morgan fingerprint density at radius 1 is 0.931 bits per heavy atom. The zero-order valence-corrected chi connectivity index (χ0v) is 18.2. The number of quaternary nitrogens is 1. The van der Waals surface area contributed by atoms with Crippen molar-refractivity contribution in [2.45, 2.75) is 39.3 Å². The van der Waals surface area contributed by atoms with Crippen molar-refractivity contribution in [1.29, 1.82) is 0 Å². The van der Waals surface area contributed by atoms with Crippen molar-refractivity contribution >= 4 is 0 Å². The summed E-state index contributed by atoms with van der Waals surface area (Å²) < 4.78 is 24.1. The Labute approximate surface area is 173 Å². The van der Waals surface area contributed by atoms with Crippen LogP contribution in [-0.4, -0.2) is 45.5 Å². The summed E-state index contributed by atoms with van der Waals surface area (Å²) in [7, 11) is 5.80. The van der Waals surface area contributed by atoms with Gasteiger partial charge in [0.15, 0.2) is 23.0 Å². The zero-order valence-electron chi connectivity index (χ0n) is 18.2. The maximum atomic E-state index is 6.03. The molecular formula is C24H32NO4+. The number of fused-ring (bicyclic) bond motifs is 4. The second-order valence-electron chi connectivity index (χ2n) is 8.13. The summed E-state index contributed by atoms with van der Waals surface area (Å²) in [6, 6.07) is 9.05. The van der Waals surface area contributed by atoms with E-state index in [1.54, 1.807) is 14.2 Å². The first kappa shape index (κ1) is 19.9. The summed E-state index contributed by atoms with van der Waals surface area (Å²) in [5.41, 5.74) is 5.43. The fourth-order valence-corrected chi connectivity index (χ4v) is 5.00. The van der Waals surface area contributed by atoms with E-state index in [1.807, 2.05) is 19.9 Å². The lowest BCUT2D eigenvalue weighted by atomic mass is 9.81. The topological polar surface area (TPSA) is 36.9 Å². The molecule has 2 aliphatic rings. The van der Waals surface area contributed by atoms with E-state index in [-0.39, 0.29) is 0 Å². The Bertz CT molecular complexity index is 910. The molecule has 2 aliphatic heterocycles. The van der Waals surface area contributed by atoms with Crippen molar-refractivity contribution in [2.75, 3.05) is 41.0 Å². The summed E-state index contributed by atoms with van der Waals surface area (Å²) in [5, 5.41) is 0. The van der Waals surface area contributed by atoms with Crippen molar-refractivity contribution < 1.29 is 23.4 Å². The van der Waals surface area contributed by atoms with Gasteiger partial charge in [-0.15, -0.1) is 0 Å². The van der Waals surface area contributed by atoms with Crippen molar-refractivity contribution in [3.8, 4) is 23.0 Å². The van der Waals surface area contributed by atoms with Gasteiger partial charge in [0.25, 0.3) is 0 Å². The number of ether oxygens (including phenoxy) is 4. The molecule has 0 radical (unpaired) electrons. The zero-order chi connectivity index (χ0) is 20.6. The first-order valence-electron chi connectivity index (χ1n) is 10.5. The monoisotopic (exact) mass is 398 g/mol. The highest BCUT2D eigenvalue weighted by Gasteiger charge is 2.44. The van der Waals surface area contributed by atoms with Gasteiger partial charge in [0, 0.05) is 18.4 Å². The third kappa shape index (κ3) is 3.31. The van der Waals surface area contributed by atoms with E-state index in [0.717, 1.165) is 53.4 Å². The molecule has 0 spiro atoms. The van der Waals surface area contributed by atoms with Crippen LogP contribution in [0.3, 0.4) is 0 Å². The van der Waals surface area contributed by atoms with Gasteiger partial charge in [-0.05, 0) is 43.2 Å². The fourth-order valence-electron chi connectivity index (χ4n) is 5.00. The first-order chi connectivity index (χ1) is 14.0. The second-order valence-corrected chi connectivity index (χ2v) is 8.13. The number of hydrogen-bond acceptors (Lipinski definition) is 4. The first-order valence-corrected chi connectivity index (χ1v) is 10.5. The summed E-state index contributed by atoms with van der Waals surface area (Å²) >= 11 is 0. The van der Waals surface area contributed by atoms with Crippen LogP contribution in [0.15, 0.2) is 24.3 Å².